The van der Waals surface area contributed by atoms with Crippen LogP contribution in [0.25, 0.3) is 0 Å². The predicted octanol–water partition coefficient (Wildman–Crippen LogP) is 3.28. The van der Waals surface area contributed by atoms with E-state index in [9.17, 15) is 9.59 Å². The summed E-state index contributed by atoms with van der Waals surface area (Å²) >= 11 is 1.50. The van der Waals surface area contributed by atoms with E-state index >= 15 is 0 Å². The number of thioether (sulfide) groups is 1. The molecule has 8 heteroatoms. The molecule has 0 amide bonds. The van der Waals surface area contributed by atoms with Crippen molar-refractivity contribution in [1.82, 2.24) is 14.9 Å². The van der Waals surface area contributed by atoms with Crippen molar-refractivity contribution in [3.05, 3.63) is 34.4 Å². The van der Waals surface area contributed by atoms with Crippen LogP contribution in [0.3, 0.4) is 0 Å². The van der Waals surface area contributed by atoms with Gasteiger partial charge in [-0.15, -0.1) is 0 Å². The van der Waals surface area contributed by atoms with Gasteiger partial charge in [-0.3, -0.25) is 0 Å². The molecule has 1 aliphatic rings. The van der Waals surface area contributed by atoms with E-state index < -0.39 is 17.9 Å². The molecule has 154 valence electrons. The van der Waals surface area contributed by atoms with Crippen LogP contribution in [0.5, 0.6) is 0 Å². The molecule has 2 heterocycles. The lowest BCUT2D eigenvalue weighted by Gasteiger charge is -2.30. The van der Waals surface area contributed by atoms with E-state index in [0.717, 1.165) is 23.7 Å². The average molecular weight is 408 g/mol. The quantitative estimate of drug-likeness (QED) is 0.402. The summed E-state index contributed by atoms with van der Waals surface area (Å²) in [4.78, 5) is 30.2. The van der Waals surface area contributed by atoms with Gasteiger partial charge in [0.2, 0.25) is 0 Å². The molecule has 0 saturated heterocycles. The van der Waals surface area contributed by atoms with Gasteiger partial charge in [-0.05, 0) is 33.4 Å². The summed E-state index contributed by atoms with van der Waals surface area (Å²) in [6, 6.07) is 0. The van der Waals surface area contributed by atoms with E-state index in [1.54, 1.807) is 13.1 Å². The average Bonchev–Trinajstić information content (AvgIpc) is 3.01. The van der Waals surface area contributed by atoms with Gasteiger partial charge in [0.05, 0.1) is 42.2 Å². The Hall–Kier alpha value is -2.22. The summed E-state index contributed by atoms with van der Waals surface area (Å²) in [5, 5.41) is 3.95. The highest BCUT2D eigenvalue weighted by Gasteiger charge is 2.39. The van der Waals surface area contributed by atoms with Crippen molar-refractivity contribution in [1.29, 1.82) is 0 Å². The number of nitrogens with one attached hydrogen (secondary N) is 1. The summed E-state index contributed by atoms with van der Waals surface area (Å²) < 4.78 is 12.7. The molecule has 0 radical (unpaired) electrons. The Kier molecular flexibility index (Phi) is 7.74. The Balaban J connectivity index is 2.57. The third kappa shape index (κ3) is 4.43. The first-order chi connectivity index (χ1) is 13.4. The van der Waals surface area contributed by atoms with E-state index in [0.29, 0.717) is 29.1 Å². The maximum Gasteiger partial charge on any atom is 0.336 e. The van der Waals surface area contributed by atoms with Crippen LogP contribution in [-0.2, 0) is 26.1 Å². The van der Waals surface area contributed by atoms with Gasteiger partial charge in [0.25, 0.3) is 0 Å². The zero-order valence-corrected chi connectivity index (χ0v) is 18.2. The number of aromatic nitrogens is 2. The molecule has 0 bridgehead atoms. The second-order valence-corrected chi connectivity index (χ2v) is 7.35. The van der Waals surface area contributed by atoms with Gasteiger partial charge in [0.15, 0.2) is 5.16 Å². The number of carbonyl (C=O) groups is 2. The zero-order valence-electron chi connectivity index (χ0n) is 17.4. The number of rotatable bonds is 8. The number of ether oxygens (including phenoxy) is 2. The first kappa shape index (κ1) is 22.1. The molecule has 7 nitrogen and oxygen atoms in total. The second-order valence-electron chi connectivity index (χ2n) is 6.57. The van der Waals surface area contributed by atoms with E-state index in [1.807, 2.05) is 38.6 Å². The molecule has 0 aromatic carbocycles. The van der Waals surface area contributed by atoms with Gasteiger partial charge in [0, 0.05) is 18.4 Å². The third-order valence-corrected chi connectivity index (χ3v) is 5.41. The lowest BCUT2D eigenvalue weighted by Crippen LogP contribution is -2.33. The first-order valence-corrected chi connectivity index (χ1v) is 10.7. The van der Waals surface area contributed by atoms with Crippen molar-refractivity contribution < 1.29 is 19.1 Å². The molecule has 2 rings (SSSR count). The standard InChI is InChI=1S/C20H29N3O4S/c1-7-9-10-27-19(25)16-13(4)22-12(3)15(18(24)26-8-2)17(16)14-11-21-20(28-6)23(14)5/h11,17,22H,7-10H2,1-6H3. The normalized spacial score (nSPS) is 16.9. The van der Waals surface area contributed by atoms with Crippen LogP contribution in [0, 0.1) is 0 Å². The van der Waals surface area contributed by atoms with Gasteiger partial charge in [-0.25, -0.2) is 14.6 Å². The molecular weight excluding hydrogens is 378 g/mol. The fourth-order valence-corrected chi connectivity index (χ4v) is 3.83. The predicted molar refractivity (Wildman–Crippen MR) is 109 cm³/mol. The van der Waals surface area contributed by atoms with Crippen LogP contribution < -0.4 is 5.32 Å². The number of dihydropyridines is 1. The first-order valence-electron chi connectivity index (χ1n) is 9.45. The van der Waals surface area contributed by atoms with Crippen molar-refractivity contribution in [2.45, 2.75) is 51.6 Å². The Morgan fingerprint density at radius 2 is 1.79 bits per heavy atom. The van der Waals surface area contributed by atoms with Gasteiger partial charge in [-0.2, -0.15) is 0 Å². The summed E-state index contributed by atoms with van der Waals surface area (Å²) in [6.45, 7) is 8.03. The number of allylic oxidation sites excluding steroid dienone is 2. The van der Waals surface area contributed by atoms with Crippen LogP contribution in [0.1, 0.15) is 52.1 Å². The van der Waals surface area contributed by atoms with Crippen LogP contribution in [0.2, 0.25) is 0 Å². The maximum atomic E-state index is 13.0. The Labute approximate surface area is 170 Å². The van der Waals surface area contributed by atoms with Crippen LogP contribution >= 0.6 is 11.8 Å². The highest BCUT2D eigenvalue weighted by atomic mass is 32.2. The van der Waals surface area contributed by atoms with Gasteiger partial charge < -0.3 is 19.4 Å². The largest absolute Gasteiger partial charge is 0.463 e. The highest BCUT2D eigenvalue weighted by Crippen LogP contribution is 2.39. The van der Waals surface area contributed by atoms with Crippen molar-refractivity contribution in [3.8, 4) is 0 Å². The number of esters is 2. The van der Waals surface area contributed by atoms with E-state index in [4.69, 9.17) is 9.47 Å². The number of hydrogen-bond acceptors (Lipinski definition) is 7. The summed E-state index contributed by atoms with van der Waals surface area (Å²) in [5.41, 5.74) is 2.91. The Morgan fingerprint density at radius 3 is 2.29 bits per heavy atom. The highest BCUT2D eigenvalue weighted by molar-refractivity contribution is 7.98. The van der Waals surface area contributed by atoms with Gasteiger partial charge in [0.1, 0.15) is 0 Å². The van der Waals surface area contributed by atoms with Crippen molar-refractivity contribution in [3.63, 3.8) is 0 Å². The smallest absolute Gasteiger partial charge is 0.336 e. The molecule has 0 saturated carbocycles. The third-order valence-electron chi connectivity index (χ3n) is 4.67. The second kappa shape index (κ2) is 9.82. The fourth-order valence-electron chi connectivity index (χ4n) is 3.29. The lowest BCUT2D eigenvalue weighted by molar-refractivity contribution is -0.140. The van der Waals surface area contributed by atoms with Crippen molar-refractivity contribution in [2.75, 3.05) is 19.5 Å². The molecule has 0 aliphatic carbocycles. The molecule has 1 N–H and O–H groups in total. The van der Waals surface area contributed by atoms with Crippen molar-refractivity contribution in [2.24, 2.45) is 7.05 Å². The summed E-state index contributed by atoms with van der Waals surface area (Å²) in [7, 11) is 1.88. The molecule has 1 aromatic rings. The number of nitrogens with zero attached hydrogens (tertiary/aromatic N) is 2. The maximum absolute atomic E-state index is 13.0. The van der Waals surface area contributed by atoms with Crippen LogP contribution in [-0.4, -0.2) is 41.0 Å². The zero-order chi connectivity index (χ0) is 20.8. The van der Waals surface area contributed by atoms with E-state index in [2.05, 4.69) is 10.3 Å². The van der Waals surface area contributed by atoms with Crippen LogP contribution in [0.4, 0.5) is 0 Å². The molecule has 1 aromatic heterocycles. The molecule has 1 unspecified atom stereocenters. The van der Waals surface area contributed by atoms with Gasteiger partial charge >= 0.3 is 11.9 Å². The number of carbonyl (C=O) groups excluding carboxylic acids is 2. The minimum Gasteiger partial charge on any atom is -0.463 e. The molecule has 1 atom stereocenters. The monoisotopic (exact) mass is 407 g/mol. The Bertz CT molecular complexity index is 810. The minimum absolute atomic E-state index is 0.253. The topological polar surface area (TPSA) is 82.4 Å². The minimum atomic E-state index is -0.604. The number of imidazole rings is 1. The fraction of sp³-hybridized carbons (Fsp3) is 0.550. The Morgan fingerprint density at radius 1 is 1.18 bits per heavy atom. The SMILES string of the molecule is CCCCOC(=O)C1=C(C)NC(C)=C(C(=O)OCC)C1c1cnc(SC)n1C. The molecule has 0 spiro atoms. The van der Waals surface area contributed by atoms with E-state index in [1.165, 1.54) is 11.8 Å². The van der Waals surface area contributed by atoms with E-state index in [-0.39, 0.29) is 6.61 Å². The van der Waals surface area contributed by atoms with Crippen molar-refractivity contribution >= 4 is 23.7 Å². The summed E-state index contributed by atoms with van der Waals surface area (Å²) in [6.07, 6.45) is 5.36. The number of unbranched alkanes of at least 4 members (excludes halogenated alkanes) is 1. The van der Waals surface area contributed by atoms with Crippen LogP contribution in [0.15, 0.2) is 33.9 Å². The molecule has 0 fully saturated rings. The molecule has 1 aliphatic heterocycles. The van der Waals surface area contributed by atoms with Gasteiger partial charge in [-0.1, -0.05) is 25.1 Å². The summed E-state index contributed by atoms with van der Waals surface area (Å²) in [5.74, 6) is -1.48. The molecule has 28 heavy (non-hydrogen) atoms. The number of hydrogen-bond donors (Lipinski definition) is 1. The lowest BCUT2D eigenvalue weighted by atomic mass is 9.83. The molecular formula is C20H29N3O4S.